The molecule has 1 saturated carbocycles. The van der Waals surface area contributed by atoms with Crippen molar-refractivity contribution in [2.24, 2.45) is 0 Å². The Morgan fingerprint density at radius 2 is 1.68 bits per heavy atom. The smallest absolute Gasteiger partial charge is 0.187 e. The summed E-state index contributed by atoms with van der Waals surface area (Å²) < 4.78 is 12.8. The molecule has 3 atom stereocenters. The van der Waals surface area contributed by atoms with E-state index in [-0.39, 0.29) is 10.4 Å². The lowest BCUT2D eigenvalue weighted by atomic mass is 10.1. The Morgan fingerprint density at radius 3 is 2.21 bits per heavy atom. The van der Waals surface area contributed by atoms with E-state index in [1.807, 2.05) is 0 Å². The number of hydrogen-bond donors (Lipinski definition) is 0. The molecule has 5 heteroatoms. The van der Waals surface area contributed by atoms with Crippen molar-refractivity contribution in [2.75, 3.05) is 6.61 Å². The first-order valence-corrected chi connectivity index (χ1v) is 14.9. The van der Waals surface area contributed by atoms with E-state index in [2.05, 4.69) is 39.3 Å². The first-order valence-electron chi connectivity index (χ1n) is 7.55. The SMILES string of the molecule is C[Si](C)(C)OC12OCCCCCC1([Si](C)(C)C)C2Cl. The van der Waals surface area contributed by atoms with Crippen molar-refractivity contribution in [2.45, 2.75) is 81.2 Å². The number of fused-ring (bicyclic) bond motifs is 1. The quantitative estimate of drug-likeness (QED) is 0.548. The van der Waals surface area contributed by atoms with Crippen molar-refractivity contribution in [3.05, 3.63) is 0 Å². The predicted molar refractivity (Wildman–Crippen MR) is 87.3 cm³/mol. The van der Waals surface area contributed by atoms with Gasteiger partial charge >= 0.3 is 0 Å². The summed E-state index contributed by atoms with van der Waals surface area (Å²) in [5.74, 6) is -0.468. The van der Waals surface area contributed by atoms with Crippen molar-refractivity contribution < 1.29 is 9.16 Å². The molecule has 0 aromatic carbocycles. The van der Waals surface area contributed by atoms with E-state index in [0.717, 1.165) is 13.0 Å². The monoisotopic (exact) mass is 320 g/mol. The molecular formula is C14H29ClO2Si2. The van der Waals surface area contributed by atoms with E-state index in [4.69, 9.17) is 20.8 Å². The van der Waals surface area contributed by atoms with Gasteiger partial charge in [0.2, 0.25) is 0 Å². The molecule has 0 aromatic heterocycles. The number of rotatable bonds is 3. The third kappa shape index (κ3) is 2.48. The Morgan fingerprint density at radius 1 is 1.05 bits per heavy atom. The largest absolute Gasteiger partial charge is 0.389 e. The molecule has 0 amide bonds. The summed E-state index contributed by atoms with van der Waals surface area (Å²) >= 11 is 6.81. The molecule has 2 nitrogen and oxygen atoms in total. The van der Waals surface area contributed by atoms with Gasteiger partial charge in [-0.3, -0.25) is 0 Å². The second-order valence-corrected chi connectivity index (χ2v) is 18.4. The van der Waals surface area contributed by atoms with E-state index >= 15 is 0 Å². The Balaban J connectivity index is 2.36. The molecule has 0 N–H and O–H groups in total. The molecule has 0 bridgehead atoms. The van der Waals surface area contributed by atoms with Crippen molar-refractivity contribution >= 4 is 28.0 Å². The fraction of sp³-hybridized carbons (Fsp3) is 1.00. The van der Waals surface area contributed by atoms with Crippen LogP contribution in [-0.4, -0.2) is 34.2 Å². The third-order valence-electron chi connectivity index (χ3n) is 4.63. The fourth-order valence-electron chi connectivity index (χ4n) is 3.74. The molecule has 2 rings (SSSR count). The molecule has 0 radical (unpaired) electrons. The number of halogens is 1. The zero-order valence-electron chi connectivity index (χ0n) is 13.3. The minimum absolute atomic E-state index is 0.0523. The molecule has 19 heavy (non-hydrogen) atoms. The van der Waals surface area contributed by atoms with Crippen molar-refractivity contribution in [1.29, 1.82) is 0 Å². The number of hydrogen-bond acceptors (Lipinski definition) is 2. The van der Waals surface area contributed by atoms with Crippen LogP contribution in [0.2, 0.25) is 44.3 Å². The van der Waals surface area contributed by atoms with Crippen LogP contribution in [0.1, 0.15) is 25.7 Å². The van der Waals surface area contributed by atoms with E-state index < -0.39 is 22.2 Å². The van der Waals surface area contributed by atoms with Gasteiger partial charge < -0.3 is 9.16 Å². The molecule has 112 valence electrons. The maximum atomic E-state index is 6.81. The Hall–Kier alpha value is 0.644. The first-order chi connectivity index (χ1) is 8.57. The average molecular weight is 321 g/mol. The standard InChI is InChI=1S/C14H29ClO2Si2/c1-18(2,3)13-10-8-7-9-11-16-14(13,12(13)15)17-19(4,5)6/h12H,7-11H2,1-6H3. The average Bonchev–Trinajstić information content (AvgIpc) is 2.63. The fourth-order valence-corrected chi connectivity index (χ4v) is 9.88. The highest BCUT2D eigenvalue weighted by molar-refractivity contribution is 6.82. The molecule has 2 fully saturated rings. The van der Waals surface area contributed by atoms with Gasteiger partial charge in [0.25, 0.3) is 0 Å². The van der Waals surface area contributed by atoms with Crippen LogP contribution in [0, 0.1) is 0 Å². The van der Waals surface area contributed by atoms with Gasteiger partial charge in [0.05, 0.1) is 20.1 Å². The van der Waals surface area contributed by atoms with E-state index in [9.17, 15) is 0 Å². The molecule has 3 unspecified atom stereocenters. The molecule has 1 heterocycles. The van der Waals surface area contributed by atoms with Gasteiger partial charge in [-0.15, -0.1) is 11.6 Å². The summed E-state index contributed by atoms with van der Waals surface area (Å²) in [7, 11) is -3.12. The maximum absolute atomic E-state index is 6.81. The summed E-state index contributed by atoms with van der Waals surface area (Å²) in [6.45, 7) is 14.8. The second kappa shape index (κ2) is 4.84. The van der Waals surface area contributed by atoms with Crippen LogP contribution in [-0.2, 0) is 9.16 Å². The van der Waals surface area contributed by atoms with Crippen LogP contribution in [0.5, 0.6) is 0 Å². The van der Waals surface area contributed by atoms with Gasteiger partial charge in [-0.1, -0.05) is 32.5 Å². The van der Waals surface area contributed by atoms with Crippen molar-refractivity contribution in [3.8, 4) is 0 Å². The van der Waals surface area contributed by atoms with Gasteiger partial charge in [0.1, 0.15) is 0 Å². The summed E-state index contributed by atoms with van der Waals surface area (Å²) in [6.07, 6.45) is 4.86. The van der Waals surface area contributed by atoms with E-state index in [0.29, 0.717) is 0 Å². The molecule has 1 aliphatic carbocycles. The van der Waals surface area contributed by atoms with Gasteiger partial charge in [-0.2, -0.15) is 0 Å². The highest BCUT2D eigenvalue weighted by Crippen LogP contribution is 2.76. The van der Waals surface area contributed by atoms with E-state index in [1.165, 1.54) is 19.3 Å². The Labute approximate surface area is 125 Å². The van der Waals surface area contributed by atoms with Crippen LogP contribution < -0.4 is 0 Å². The predicted octanol–water partition coefficient (Wildman–Crippen LogP) is 4.82. The lowest BCUT2D eigenvalue weighted by Gasteiger charge is -2.38. The van der Waals surface area contributed by atoms with Crippen molar-refractivity contribution in [1.82, 2.24) is 0 Å². The number of ether oxygens (including phenoxy) is 1. The molecule has 2 aliphatic rings. The maximum Gasteiger partial charge on any atom is 0.187 e. The Kier molecular flexibility index (Phi) is 4.08. The minimum atomic E-state index is -1.67. The number of alkyl halides is 1. The minimum Gasteiger partial charge on any atom is -0.389 e. The molecule has 1 aliphatic heterocycles. The van der Waals surface area contributed by atoms with Crippen LogP contribution in [0.25, 0.3) is 0 Å². The van der Waals surface area contributed by atoms with Gasteiger partial charge in [-0.25, -0.2) is 0 Å². The summed E-state index contributed by atoms with van der Waals surface area (Å²) in [5, 5.41) is 0.166. The summed E-state index contributed by atoms with van der Waals surface area (Å²) in [4.78, 5) is 0. The van der Waals surface area contributed by atoms with Gasteiger partial charge in [0.15, 0.2) is 14.1 Å². The second-order valence-electron chi connectivity index (χ2n) is 8.12. The normalized spacial score (nSPS) is 40.3. The van der Waals surface area contributed by atoms with E-state index in [1.54, 1.807) is 0 Å². The van der Waals surface area contributed by atoms with Gasteiger partial charge in [0, 0.05) is 5.04 Å². The van der Waals surface area contributed by atoms with Crippen LogP contribution in [0.3, 0.4) is 0 Å². The highest BCUT2D eigenvalue weighted by Gasteiger charge is 2.83. The Bertz CT molecular complexity index is 350. The zero-order chi connectivity index (χ0) is 14.5. The summed E-state index contributed by atoms with van der Waals surface area (Å²) in [6, 6.07) is 0. The van der Waals surface area contributed by atoms with Crippen LogP contribution in [0.4, 0.5) is 0 Å². The lowest BCUT2D eigenvalue weighted by Crippen LogP contribution is -2.44. The third-order valence-corrected chi connectivity index (χ3v) is 9.96. The molecular weight excluding hydrogens is 292 g/mol. The van der Waals surface area contributed by atoms with Crippen LogP contribution >= 0.6 is 11.6 Å². The lowest BCUT2D eigenvalue weighted by molar-refractivity contribution is -0.125. The van der Waals surface area contributed by atoms with Crippen molar-refractivity contribution in [3.63, 3.8) is 0 Å². The summed E-state index contributed by atoms with van der Waals surface area (Å²) in [5.41, 5.74) is 0. The molecule has 1 saturated heterocycles. The molecule has 0 spiro atoms. The van der Waals surface area contributed by atoms with Crippen LogP contribution in [0.15, 0.2) is 0 Å². The molecule has 0 aromatic rings. The topological polar surface area (TPSA) is 18.5 Å². The first kappa shape index (κ1) is 16.0. The highest BCUT2D eigenvalue weighted by atomic mass is 35.5. The zero-order valence-corrected chi connectivity index (χ0v) is 16.1. The van der Waals surface area contributed by atoms with Gasteiger partial charge in [-0.05, 0) is 32.5 Å².